The molecule has 5 fully saturated rings. The van der Waals surface area contributed by atoms with E-state index in [0.717, 1.165) is 6.92 Å². The summed E-state index contributed by atoms with van der Waals surface area (Å²) in [5, 5.41) is 160. The van der Waals surface area contributed by atoms with Gasteiger partial charge in [0.15, 0.2) is 31.5 Å². The number of carbonyl (C=O) groups excluding carboxylic acids is 1. The zero-order valence-electron chi connectivity index (χ0n) is 31.1. The number of hydrogen-bond acceptors (Lipinski definition) is 25. The van der Waals surface area contributed by atoms with Gasteiger partial charge in [0, 0.05) is 6.92 Å². The summed E-state index contributed by atoms with van der Waals surface area (Å²) in [6.45, 7) is -1.41. The highest BCUT2D eigenvalue weighted by Gasteiger charge is 2.58. The minimum absolute atomic E-state index is 0.823. The van der Waals surface area contributed by atoms with E-state index >= 15 is 0 Å². The topological polar surface area (TPSA) is 416 Å². The van der Waals surface area contributed by atoms with Crippen LogP contribution in [-0.2, 0) is 47.4 Å². The minimum atomic E-state index is -2.02. The van der Waals surface area contributed by atoms with Crippen molar-refractivity contribution in [1.82, 2.24) is 5.32 Å². The number of hydrogen-bond donors (Lipinski definition) is 16. The van der Waals surface area contributed by atoms with Crippen LogP contribution in [0.25, 0.3) is 0 Å². The molecule has 0 spiro atoms. The summed E-state index contributed by atoms with van der Waals surface area (Å²) in [6, 6.07) is -1.72. The first kappa shape index (κ1) is 47.6. The Morgan fingerprint density at radius 1 is 0.448 bits per heavy atom. The van der Waals surface area contributed by atoms with Gasteiger partial charge in [-0.15, -0.1) is 0 Å². The maximum Gasteiger partial charge on any atom is 0.217 e. The monoisotopic (exact) mass is 853 g/mol. The van der Waals surface area contributed by atoms with Crippen molar-refractivity contribution in [3.05, 3.63) is 0 Å². The van der Waals surface area contributed by atoms with E-state index in [1.165, 1.54) is 6.92 Å². The highest BCUT2D eigenvalue weighted by atomic mass is 16.8. The molecule has 0 aromatic rings. The van der Waals surface area contributed by atoms with Gasteiger partial charge in [-0.05, 0) is 6.92 Å². The molecule has 5 aliphatic rings. The molecule has 0 unspecified atom stereocenters. The smallest absolute Gasteiger partial charge is 0.217 e. The number of nitrogens with one attached hydrogen (secondary N) is 1. The summed E-state index contributed by atoms with van der Waals surface area (Å²) in [4.78, 5) is 12.6. The molecule has 5 saturated heterocycles. The quantitative estimate of drug-likeness (QED) is 0.0818. The lowest BCUT2D eigenvalue weighted by molar-refractivity contribution is -0.403. The highest BCUT2D eigenvalue weighted by molar-refractivity contribution is 5.73. The molecule has 5 aliphatic heterocycles. The molecule has 26 heteroatoms. The van der Waals surface area contributed by atoms with Crippen LogP contribution in [0.4, 0.5) is 0 Å². The molecule has 16 N–H and O–H groups in total. The van der Waals surface area contributed by atoms with Crippen LogP contribution >= 0.6 is 0 Å². The van der Waals surface area contributed by atoms with Gasteiger partial charge in [0.2, 0.25) is 5.91 Å². The van der Waals surface area contributed by atoms with E-state index in [9.17, 15) is 81.4 Å². The van der Waals surface area contributed by atoms with E-state index in [1.807, 2.05) is 0 Å². The Labute approximate surface area is 329 Å². The number of rotatable bonds is 13. The summed E-state index contributed by atoms with van der Waals surface area (Å²) in [7, 11) is 0. The summed E-state index contributed by atoms with van der Waals surface area (Å²) in [6.07, 6.45) is -44.1. The van der Waals surface area contributed by atoms with Crippen LogP contribution in [0.15, 0.2) is 0 Å². The first-order valence-electron chi connectivity index (χ1n) is 18.5. The fraction of sp³-hybridized carbons (Fsp3) is 0.969. The van der Waals surface area contributed by atoms with Crippen LogP contribution in [0, 0.1) is 0 Å². The van der Waals surface area contributed by atoms with Gasteiger partial charge in [-0.25, -0.2) is 0 Å². The molecule has 0 aromatic carbocycles. The average molecular weight is 854 g/mol. The zero-order valence-corrected chi connectivity index (χ0v) is 31.1. The van der Waals surface area contributed by atoms with Gasteiger partial charge in [-0.1, -0.05) is 0 Å². The molecular weight excluding hydrogens is 798 g/mol. The van der Waals surface area contributed by atoms with Crippen molar-refractivity contribution in [1.29, 1.82) is 0 Å². The largest absolute Gasteiger partial charge is 0.394 e. The normalized spacial score (nSPS) is 51.6. The standard InChI is InChI=1S/C32H55NO25/c1-7-14(39)18(43)22(47)30(50-7)58-27-26(17(42)11(5-36)54-32(27)55-24-12(6-37)51-28(49)21(46)20(24)45)57-29-13(33-8(2)38)25(16(41)10(4-35)52-29)56-31-23(48)19(44)15(40)9(3-34)53-31/h7,9-32,34-37,39-49H,3-6H2,1-2H3,(H,33,38)/t7-,9+,10+,11+,12+,13+,14+,15-,16-,17-,18+,19-,20+,21+,22-,23+,24+,25+,26-,27+,28+,29+,30-,31-,32-/m0/s1. The number of carbonyl (C=O) groups is 1. The Kier molecular flexibility index (Phi) is 16.5. The highest BCUT2D eigenvalue weighted by Crippen LogP contribution is 2.37. The molecule has 0 aliphatic carbocycles. The van der Waals surface area contributed by atoms with E-state index in [-0.39, 0.29) is 0 Å². The molecule has 5 heterocycles. The second-order valence-corrected chi connectivity index (χ2v) is 14.7. The number of aliphatic hydroxyl groups excluding tert-OH is 15. The molecule has 5 rings (SSSR count). The number of aliphatic hydroxyl groups is 15. The van der Waals surface area contributed by atoms with Gasteiger partial charge in [0.05, 0.1) is 32.5 Å². The van der Waals surface area contributed by atoms with Crippen LogP contribution in [0.3, 0.4) is 0 Å². The van der Waals surface area contributed by atoms with E-state index in [2.05, 4.69) is 5.32 Å². The van der Waals surface area contributed by atoms with Gasteiger partial charge in [-0.2, -0.15) is 0 Å². The van der Waals surface area contributed by atoms with Gasteiger partial charge < -0.3 is 125 Å². The van der Waals surface area contributed by atoms with Crippen molar-refractivity contribution in [3.63, 3.8) is 0 Å². The van der Waals surface area contributed by atoms with Crippen molar-refractivity contribution in [2.45, 2.75) is 167 Å². The Morgan fingerprint density at radius 3 is 1.47 bits per heavy atom. The molecular formula is C32H55NO25. The third-order valence-corrected chi connectivity index (χ3v) is 10.7. The van der Waals surface area contributed by atoms with Crippen molar-refractivity contribution in [3.8, 4) is 0 Å². The summed E-state index contributed by atoms with van der Waals surface area (Å²) in [5.74, 6) is -0.823. The van der Waals surface area contributed by atoms with E-state index < -0.39 is 186 Å². The minimum Gasteiger partial charge on any atom is -0.394 e. The van der Waals surface area contributed by atoms with E-state index in [0.29, 0.717) is 0 Å². The van der Waals surface area contributed by atoms with Gasteiger partial charge >= 0.3 is 0 Å². The van der Waals surface area contributed by atoms with Crippen LogP contribution in [0.1, 0.15) is 13.8 Å². The van der Waals surface area contributed by atoms with Crippen LogP contribution in [0.2, 0.25) is 0 Å². The molecule has 25 atom stereocenters. The predicted molar refractivity (Wildman–Crippen MR) is 177 cm³/mol. The molecule has 0 bridgehead atoms. The molecule has 0 aromatic heterocycles. The van der Waals surface area contributed by atoms with Crippen molar-refractivity contribution >= 4 is 5.91 Å². The SMILES string of the molecule is CC(=O)N[C@H]1[C@@H](O[C@H]2[C@@H](O)[C@@H](CO)O[C@@H](O[C@H]3[C@H](O)[C@@H](O)[C@H](O)O[C@@H]3CO)[C@@H]2O[C@@H]2O[C@@H](C)[C@@H](O)[C@@H](O)[C@@H]2O)O[C@H](CO)[C@H](O)[C@@H]1O[C@@H]1O[C@H](CO)[C@H](O)[C@H](O)[C@H]1O. The van der Waals surface area contributed by atoms with Crippen LogP contribution in [0.5, 0.6) is 0 Å². The van der Waals surface area contributed by atoms with E-state index in [1.54, 1.807) is 0 Å². The van der Waals surface area contributed by atoms with Crippen LogP contribution in [-0.4, -0.2) is 262 Å². The summed E-state index contributed by atoms with van der Waals surface area (Å²) < 4.78 is 51.7. The summed E-state index contributed by atoms with van der Waals surface area (Å²) in [5.41, 5.74) is 0. The Balaban J connectivity index is 1.54. The van der Waals surface area contributed by atoms with Crippen LogP contribution < -0.4 is 5.32 Å². The third kappa shape index (κ3) is 9.75. The van der Waals surface area contributed by atoms with Crippen molar-refractivity contribution in [2.24, 2.45) is 0 Å². The second-order valence-electron chi connectivity index (χ2n) is 14.7. The van der Waals surface area contributed by atoms with Gasteiger partial charge in [0.25, 0.3) is 0 Å². The zero-order chi connectivity index (χ0) is 42.9. The molecule has 58 heavy (non-hydrogen) atoms. The first-order valence-corrected chi connectivity index (χ1v) is 18.5. The van der Waals surface area contributed by atoms with E-state index in [4.69, 9.17) is 42.6 Å². The average Bonchev–Trinajstić information content (AvgIpc) is 3.19. The Bertz CT molecular complexity index is 1300. The molecule has 26 nitrogen and oxygen atoms in total. The lowest BCUT2D eigenvalue weighted by Gasteiger charge is -2.51. The summed E-state index contributed by atoms with van der Waals surface area (Å²) >= 11 is 0. The molecule has 0 radical (unpaired) electrons. The van der Waals surface area contributed by atoms with Gasteiger partial charge in [0.1, 0.15) is 116 Å². The van der Waals surface area contributed by atoms with Crippen molar-refractivity contribution < 1.29 is 124 Å². The second kappa shape index (κ2) is 20.1. The van der Waals surface area contributed by atoms with Gasteiger partial charge in [-0.3, -0.25) is 4.79 Å². The van der Waals surface area contributed by atoms with Crippen molar-refractivity contribution in [2.75, 3.05) is 26.4 Å². The third-order valence-electron chi connectivity index (χ3n) is 10.7. The fourth-order valence-electron chi connectivity index (χ4n) is 7.35. The number of amides is 1. The fourth-order valence-corrected chi connectivity index (χ4v) is 7.35. The Hall–Kier alpha value is -1.49. The first-order chi connectivity index (χ1) is 27.4. The maximum absolute atomic E-state index is 12.6. The lowest BCUT2D eigenvalue weighted by atomic mass is 9.94. The molecule has 338 valence electrons. The molecule has 1 amide bonds. The number of ether oxygens (including phenoxy) is 9. The predicted octanol–water partition coefficient (Wildman–Crippen LogP) is -10.8. The molecule has 0 saturated carbocycles. The Morgan fingerprint density at radius 2 is 0.897 bits per heavy atom. The maximum atomic E-state index is 12.6. The lowest BCUT2D eigenvalue weighted by Crippen LogP contribution is -2.71.